The van der Waals surface area contributed by atoms with E-state index >= 15 is 0 Å². The first-order valence-corrected chi connectivity index (χ1v) is 10.0. The molecule has 3 heterocycles. The number of rotatable bonds is 4. The van der Waals surface area contributed by atoms with Crippen molar-refractivity contribution in [3.63, 3.8) is 0 Å². The number of aromatic nitrogens is 4. The molecule has 0 spiro atoms. The molecule has 28 heavy (non-hydrogen) atoms. The van der Waals surface area contributed by atoms with E-state index in [0.29, 0.717) is 23.0 Å². The van der Waals surface area contributed by atoms with Gasteiger partial charge in [-0.2, -0.15) is 15.0 Å². The molecule has 3 aromatic rings. The zero-order valence-electron chi connectivity index (χ0n) is 15.0. The highest BCUT2D eigenvalue weighted by molar-refractivity contribution is 9.10. The van der Waals surface area contributed by atoms with Gasteiger partial charge in [-0.1, -0.05) is 12.1 Å². The maximum atomic E-state index is 13.4. The first-order valence-electron chi connectivity index (χ1n) is 9.24. The number of nitrogens with zero attached hydrogens (tertiary/aromatic N) is 5. The number of halogens is 1. The molecule has 2 fully saturated rings. The minimum absolute atomic E-state index is 0.00235. The molecule has 142 valence electrons. The van der Waals surface area contributed by atoms with Gasteiger partial charge < -0.3 is 9.64 Å². The predicted octanol–water partition coefficient (Wildman–Crippen LogP) is 3.11. The van der Waals surface area contributed by atoms with Crippen LogP contribution in [0.2, 0.25) is 0 Å². The van der Waals surface area contributed by atoms with Crippen molar-refractivity contribution in [3.05, 3.63) is 65.0 Å². The number of amides is 1. The van der Waals surface area contributed by atoms with E-state index in [0.717, 1.165) is 23.9 Å². The van der Waals surface area contributed by atoms with Crippen molar-refractivity contribution in [2.45, 2.75) is 25.0 Å². The summed E-state index contributed by atoms with van der Waals surface area (Å²) in [6.07, 6.45) is 6.82. The molecule has 2 aliphatic rings. The zero-order chi connectivity index (χ0) is 19.1. The predicted molar refractivity (Wildman–Crippen MR) is 105 cm³/mol. The number of ether oxygens (including phenoxy) is 1. The van der Waals surface area contributed by atoms with Crippen molar-refractivity contribution in [1.82, 2.24) is 24.9 Å². The SMILES string of the molecule is O=C(c1ccccc1-n1nccn1)N1CC2CC(Oc3ccc(Br)cn3)C1C2. The van der Waals surface area contributed by atoms with Gasteiger partial charge in [0.2, 0.25) is 5.88 Å². The molecule has 0 radical (unpaired) electrons. The van der Waals surface area contributed by atoms with Gasteiger partial charge in [-0.15, -0.1) is 0 Å². The summed E-state index contributed by atoms with van der Waals surface area (Å²) < 4.78 is 7.04. The third-order valence-electron chi connectivity index (χ3n) is 5.43. The largest absolute Gasteiger partial charge is 0.472 e. The number of benzene rings is 1. The molecule has 7 nitrogen and oxygen atoms in total. The van der Waals surface area contributed by atoms with Crippen LogP contribution >= 0.6 is 15.9 Å². The number of para-hydroxylation sites is 1. The van der Waals surface area contributed by atoms with Gasteiger partial charge in [0, 0.05) is 23.3 Å². The molecule has 5 rings (SSSR count). The maximum Gasteiger partial charge on any atom is 0.256 e. The lowest BCUT2D eigenvalue weighted by molar-refractivity contribution is 0.0466. The van der Waals surface area contributed by atoms with Gasteiger partial charge in [0.25, 0.3) is 5.91 Å². The molecular formula is C20H18BrN5O2. The van der Waals surface area contributed by atoms with E-state index in [1.54, 1.807) is 18.6 Å². The Balaban J connectivity index is 1.39. The van der Waals surface area contributed by atoms with E-state index in [-0.39, 0.29) is 18.1 Å². The lowest BCUT2D eigenvalue weighted by Crippen LogP contribution is -2.47. The van der Waals surface area contributed by atoms with Gasteiger partial charge in [0.05, 0.1) is 29.7 Å². The number of carbonyl (C=O) groups excluding carboxylic acids is 1. The molecule has 1 aliphatic heterocycles. The summed E-state index contributed by atoms with van der Waals surface area (Å²) in [5, 5.41) is 8.36. The van der Waals surface area contributed by atoms with Crippen molar-refractivity contribution in [1.29, 1.82) is 0 Å². The average molecular weight is 440 g/mol. The van der Waals surface area contributed by atoms with Gasteiger partial charge in [0.15, 0.2) is 0 Å². The Hall–Kier alpha value is -2.74. The third-order valence-corrected chi connectivity index (χ3v) is 5.90. The first kappa shape index (κ1) is 17.4. The van der Waals surface area contributed by atoms with Crippen molar-refractivity contribution in [2.24, 2.45) is 5.92 Å². The molecule has 1 saturated heterocycles. The van der Waals surface area contributed by atoms with E-state index in [2.05, 4.69) is 31.1 Å². The van der Waals surface area contributed by atoms with Crippen LogP contribution in [0.15, 0.2) is 59.5 Å². The number of likely N-dealkylation sites (tertiary alicyclic amines) is 1. The Kier molecular flexibility index (Phi) is 4.35. The number of carbonyl (C=O) groups is 1. The van der Waals surface area contributed by atoms with Gasteiger partial charge in [-0.05, 0) is 52.9 Å². The molecule has 1 aromatic carbocycles. The van der Waals surface area contributed by atoms with Crippen molar-refractivity contribution in [2.75, 3.05) is 6.54 Å². The summed E-state index contributed by atoms with van der Waals surface area (Å²) in [5.41, 5.74) is 1.29. The molecule has 8 heteroatoms. The van der Waals surface area contributed by atoms with Crippen molar-refractivity contribution in [3.8, 4) is 11.6 Å². The summed E-state index contributed by atoms with van der Waals surface area (Å²) >= 11 is 3.39. The second-order valence-corrected chi connectivity index (χ2v) is 8.08. The standard InChI is InChI=1S/C20H18BrN5O2/c21-14-5-6-19(22-11-14)28-18-10-13-9-17(18)25(12-13)20(27)15-3-1-2-4-16(15)26-23-7-8-24-26/h1-8,11,13,17-18H,9-10,12H2. The number of piperidine rings is 1. The van der Waals surface area contributed by atoms with E-state index in [9.17, 15) is 4.79 Å². The van der Waals surface area contributed by atoms with Crippen LogP contribution in [0.4, 0.5) is 0 Å². The van der Waals surface area contributed by atoms with E-state index in [4.69, 9.17) is 4.74 Å². The normalized spacial score (nSPS) is 23.2. The lowest BCUT2D eigenvalue weighted by Gasteiger charge is -2.33. The monoisotopic (exact) mass is 439 g/mol. The fraction of sp³-hybridized carbons (Fsp3) is 0.300. The highest BCUT2D eigenvalue weighted by Gasteiger charge is 2.48. The molecule has 1 saturated carbocycles. The Morgan fingerprint density at radius 2 is 1.93 bits per heavy atom. The fourth-order valence-electron chi connectivity index (χ4n) is 4.24. The second kappa shape index (κ2) is 7.01. The van der Waals surface area contributed by atoms with Crippen molar-refractivity contribution < 1.29 is 9.53 Å². The van der Waals surface area contributed by atoms with Gasteiger partial charge in [0.1, 0.15) is 6.10 Å². The fourth-order valence-corrected chi connectivity index (χ4v) is 4.47. The molecule has 1 aliphatic carbocycles. The van der Waals surface area contributed by atoms with Crippen LogP contribution in [-0.2, 0) is 0 Å². The summed E-state index contributed by atoms with van der Waals surface area (Å²) in [6, 6.07) is 11.3. The topological polar surface area (TPSA) is 73.1 Å². The minimum atomic E-state index is -0.0358. The van der Waals surface area contributed by atoms with Crippen LogP contribution in [0.1, 0.15) is 23.2 Å². The third kappa shape index (κ3) is 3.07. The minimum Gasteiger partial charge on any atom is -0.472 e. The Bertz CT molecular complexity index is 992. The van der Waals surface area contributed by atoms with Crippen LogP contribution in [-0.4, -0.2) is 49.5 Å². The second-order valence-electron chi connectivity index (χ2n) is 7.17. The Labute approximate surface area is 170 Å². The summed E-state index contributed by atoms with van der Waals surface area (Å²) in [6.45, 7) is 0.762. The molecular weight excluding hydrogens is 422 g/mol. The van der Waals surface area contributed by atoms with E-state index < -0.39 is 0 Å². The smallest absolute Gasteiger partial charge is 0.256 e. The van der Waals surface area contributed by atoms with Crippen LogP contribution in [0.3, 0.4) is 0 Å². The van der Waals surface area contributed by atoms with E-state index in [1.165, 1.54) is 4.80 Å². The van der Waals surface area contributed by atoms with Gasteiger partial charge in [-0.25, -0.2) is 4.98 Å². The molecule has 3 unspecified atom stereocenters. The number of pyridine rings is 1. The van der Waals surface area contributed by atoms with Crippen LogP contribution in [0.25, 0.3) is 5.69 Å². The summed E-state index contributed by atoms with van der Waals surface area (Å²) in [7, 11) is 0. The van der Waals surface area contributed by atoms with Gasteiger partial charge >= 0.3 is 0 Å². The molecule has 2 bridgehead atoms. The Morgan fingerprint density at radius 1 is 1.11 bits per heavy atom. The maximum absolute atomic E-state index is 13.4. The highest BCUT2D eigenvalue weighted by atomic mass is 79.9. The highest BCUT2D eigenvalue weighted by Crippen LogP contribution is 2.40. The van der Waals surface area contributed by atoms with E-state index in [1.807, 2.05) is 41.3 Å². The molecule has 1 amide bonds. The van der Waals surface area contributed by atoms with Crippen molar-refractivity contribution >= 4 is 21.8 Å². The van der Waals surface area contributed by atoms with Crippen LogP contribution in [0, 0.1) is 5.92 Å². The average Bonchev–Trinajstić information content (AvgIpc) is 3.46. The lowest BCUT2D eigenvalue weighted by atomic mass is 10.1. The summed E-state index contributed by atoms with van der Waals surface area (Å²) in [5.74, 6) is 1.05. The number of fused-ring (bicyclic) bond motifs is 2. The number of hydrogen-bond acceptors (Lipinski definition) is 5. The Morgan fingerprint density at radius 3 is 2.68 bits per heavy atom. The zero-order valence-corrected chi connectivity index (χ0v) is 16.6. The van der Waals surface area contributed by atoms with Crippen LogP contribution in [0.5, 0.6) is 5.88 Å². The summed E-state index contributed by atoms with van der Waals surface area (Å²) in [4.78, 5) is 21.1. The molecule has 3 atom stereocenters. The number of hydrogen-bond donors (Lipinski definition) is 0. The quantitative estimate of drug-likeness (QED) is 0.624. The molecule has 2 aromatic heterocycles. The molecule has 0 N–H and O–H groups in total. The van der Waals surface area contributed by atoms with Crippen LogP contribution < -0.4 is 4.74 Å². The van der Waals surface area contributed by atoms with Gasteiger partial charge in [-0.3, -0.25) is 4.79 Å². The first-order chi connectivity index (χ1) is 13.7.